The van der Waals surface area contributed by atoms with Crippen molar-refractivity contribution in [3.63, 3.8) is 0 Å². The number of ether oxygens (including phenoxy) is 1. The zero-order valence-electron chi connectivity index (χ0n) is 24.5. The Bertz CT molecular complexity index is 1700. The number of hydrogen-bond acceptors (Lipinski definition) is 7. The number of nitrogens with one attached hydrogen (secondary N) is 1. The Labute approximate surface area is 263 Å². The Balaban J connectivity index is 1.33. The van der Waals surface area contributed by atoms with Crippen molar-refractivity contribution in [1.82, 2.24) is 0 Å². The van der Waals surface area contributed by atoms with Crippen LogP contribution in [0.25, 0.3) is 11.1 Å². The summed E-state index contributed by atoms with van der Waals surface area (Å²) in [6.45, 7) is 0. The van der Waals surface area contributed by atoms with Gasteiger partial charge in [0, 0.05) is 24.9 Å². The fraction of sp³-hybridized carbons (Fsp3) is 0.333. The van der Waals surface area contributed by atoms with E-state index in [-0.39, 0.29) is 36.7 Å². The number of carboxylic acids is 1. The summed E-state index contributed by atoms with van der Waals surface area (Å²) >= 11 is 0. The lowest BCUT2D eigenvalue weighted by atomic mass is 9.83. The molecular weight excluding hydrogens is 627 g/mol. The summed E-state index contributed by atoms with van der Waals surface area (Å²) in [5.74, 6) is -1.22. The molecule has 2 heterocycles. The highest BCUT2D eigenvalue weighted by Gasteiger charge is 2.53. The van der Waals surface area contributed by atoms with Gasteiger partial charge in [0.15, 0.2) is 0 Å². The van der Waals surface area contributed by atoms with Crippen LogP contribution in [0.4, 0.5) is 18.9 Å². The van der Waals surface area contributed by atoms with E-state index in [9.17, 15) is 36.3 Å². The topological polar surface area (TPSA) is 139 Å². The number of aliphatic carboxylic acids is 1. The zero-order valence-corrected chi connectivity index (χ0v) is 25.3. The first-order chi connectivity index (χ1) is 21.8. The molecular formula is C33H32F3NO8S. The van der Waals surface area contributed by atoms with Gasteiger partial charge in [-0.15, -0.1) is 0 Å². The van der Waals surface area contributed by atoms with Gasteiger partial charge in [0.2, 0.25) is 5.91 Å². The minimum atomic E-state index is -4.58. The van der Waals surface area contributed by atoms with Gasteiger partial charge in [-0.25, -0.2) is 0 Å². The molecule has 3 aromatic rings. The second-order valence-electron chi connectivity index (χ2n) is 11.2. The second-order valence-corrected chi connectivity index (χ2v) is 13.0. The third kappa shape index (κ3) is 7.71. The van der Waals surface area contributed by atoms with Gasteiger partial charge in [-0.05, 0) is 83.6 Å². The van der Waals surface area contributed by atoms with Crippen molar-refractivity contribution < 1.29 is 50.3 Å². The van der Waals surface area contributed by atoms with Gasteiger partial charge in [-0.3, -0.25) is 9.59 Å². The summed E-state index contributed by atoms with van der Waals surface area (Å²) in [6.07, 6.45) is -3.07. The average Bonchev–Trinajstić information content (AvgIpc) is 3.59. The van der Waals surface area contributed by atoms with Crippen molar-refractivity contribution in [3.05, 3.63) is 89.5 Å². The number of carbonyl (C=O) groups is 2. The van der Waals surface area contributed by atoms with E-state index in [4.69, 9.17) is 14.0 Å². The Morgan fingerprint density at radius 3 is 2.04 bits per heavy atom. The molecule has 0 saturated carbocycles. The summed E-state index contributed by atoms with van der Waals surface area (Å²) in [6, 6.07) is 16.7. The lowest BCUT2D eigenvalue weighted by molar-refractivity contribution is -0.138. The summed E-state index contributed by atoms with van der Waals surface area (Å²) in [5, 5.41) is 20.2. The molecule has 3 atom stereocenters. The number of benzene rings is 3. The summed E-state index contributed by atoms with van der Waals surface area (Å²) in [4.78, 5) is 23.1. The molecule has 2 aliphatic rings. The number of carbonyl (C=O) groups excluding carboxylic acids is 1. The molecule has 0 radical (unpaired) electrons. The average molecular weight is 660 g/mol. The summed E-state index contributed by atoms with van der Waals surface area (Å²) in [5.41, 5.74) is 2.29. The predicted octanol–water partition coefficient (Wildman–Crippen LogP) is 6.63. The number of halogens is 3. The van der Waals surface area contributed by atoms with Gasteiger partial charge in [0.1, 0.15) is 22.9 Å². The van der Waals surface area contributed by atoms with Crippen molar-refractivity contribution in [2.24, 2.45) is 0 Å². The summed E-state index contributed by atoms with van der Waals surface area (Å²) < 4.78 is 77.2. The highest BCUT2D eigenvalue weighted by Crippen LogP contribution is 2.51. The number of fused-ring (bicyclic) bond motifs is 2. The number of carboxylic acid groups (broad SMARTS) is 1. The molecule has 1 saturated heterocycles. The van der Waals surface area contributed by atoms with Crippen LogP contribution in [-0.2, 0) is 30.6 Å². The van der Waals surface area contributed by atoms with Crippen molar-refractivity contribution in [2.75, 3.05) is 5.32 Å². The highest BCUT2D eigenvalue weighted by molar-refractivity contribution is 7.87. The van der Waals surface area contributed by atoms with Crippen LogP contribution in [0.2, 0.25) is 0 Å². The van der Waals surface area contributed by atoms with Crippen LogP contribution >= 0.6 is 0 Å². The van der Waals surface area contributed by atoms with E-state index in [1.807, 2.05) is 0 Å². The third-order valence-electron chi connectivity index (χ3n) is 7.96. The quantitative estimate of drug-likeness (QED) is 0.137. The minimum Gasteiger partial charge on any atom is -0.508 e. The molecule has 2 aliphatic heterocycles. The van der Waals surface area contributed by atoms with E-state index < -0.39 is 45.3 Å². The first kappa shape index (κ1) is 33.0. The highest BCUT2D eigenvalue weighted by atomic mass is 32.2. The number of hydrogen-bond donors (Lipinski definition) is 3. The van der Waals surface area contributed by atoms with E-state index in [0.717, 1.165) is 48.2 Å². The fourth-order valence-electron chi connectivity index (χ4n) is 5.76. The molecule has 2 bridgehead atoms. The number of aromatic hydroxyl groups is 1. The number of amides is 1. The molecule has 0 aliphatic carbocycles. The van der Waals surface area contributed by atoms with E-state index in [0.29, 0.717) is 29.7 Å². The molecule has 9 nitrogen and oxygen atoms in total. The van der Waals surface area contributed by atoms with Crippen LogP contribution in [0.1, 0.15) is 61.6 Å². The standard InChI is InChI=1S/C33H32F3NO8S/c34-33(35,36)22-11-17-25(18-12-22)45-46(42,43)27-19-26-30(20-9-15-24(38)16-10-20)31(32(27)44-26)21-7-13-23(14-8-21)37-28(39)5-3-1-2-4-6-29(40)41/h7-18,26-27,32,38H,1-6,19H2,(H,37,39)(H,40,41). The van der Waals surface area contributed by atoms with E-state index in [1.165, 1.54) is 12.1 Å². The number of unbranched alkanes of at least 4 members (excludes halogenated alkanes) is 3. The van der Waals surface area contributed by atoms with Gasteiger partial charge in [0.05, 0.1) is 11.7 Å². The minimum absolute atomic E-state index is 0.0534. The van der Waals surface area contributed by atoms with Gasteiger partial charge >= 0.3 is 22.3 Å². The number of phenolic OH excluding ortho intramolecular Hbond substituents is 1. The zero-order chi connectivity index (χ0) is 33.1. The number of rotatable bonds is 13. The van der Waals surface area contributed by atoms with Crippen LogP contribution in [0.15, 0.2) is 72.8 Å². The first-order valence-corrected chi connectivity index (χ1v) is 16.2. The molecule has 3 aromatic carbocycles. The lowest BCUT2D eigenvalue weighted by Crippen LogP contribution is -2.35. The van der Waals surface area contributed by atoms with Crippen molar-refractivity contribution >= 4 is 38.8 Å². The molecule has 3 unspecified atom stereocenters. The largest absolute Gasteiger partial charge is 0.508 e. The van der Waals surface area contributed by atoms with E-state index in [1.54, 1.807) is 36.4 Å². The Morgan fingerprint density at radius 2 is 1.43 bits per heavy atom. The Hall–Kier alpha value is -4.36. The Morgan fingerprint density at radius 1 is 0.848 bits per heavy atom. The van der Waals surface area contributed by atoms with Crippen molar-refractivity contribution in [2.45, 2.75) is 68.6 Å². The molecule has 1 amide bonds. The number of alkyl halides is 3. The molecule has 46 heavy (non-hydrogen) atoms. The molecule has 0 spiro atoms. The number of phenols is 1. The molecule has 244 valence electrons. The smallest absolute Gasteiger partial charge is 0.416 e. The fourth-order valence-corrected chi connectivity index (χ4v) is 7.18. The van der Waals surface area contributed by atoms with Crippen LogP contribution < -0.4 is 9.50 Å². The van der Waals surface area contributed by atoms with E-state index in [2.05, 4.69) is 5.32 Å². The van der Waals surface area contributed by atoms with Crippen LogP contribution in [0.5, 0.6) is 11.5 Å². The van der Waals surface area contributed by atoms with Crippen molar-refractivity contribution in [1.29, 1.82) is 0 Å². The third-order valence-corrected chi connectivity index (χ3v) is 9.56. The molecule has 5 rings (SSSR count). The monoisotopic (exact) mass is 659 g/mol. The van der Waals surface area contributed by atoms with Crippen LogP contribution in [0.3, 0.4) is 0 Å². The Kier molecular flexibility index (Phi) is 9.73. The molecule has 13 heteroatoms. The lowest BCUT2D eigenvalue weighted by Gasteiger charge is -2.25. The SMILES string of the molecule is O=C(O)CCCCCCC(=O)Nc1ccc(C2=C(c3ccc(O)cc3)C3CC(S(=O)(=O)Oc4ccc(C(F)(F)F)cc4)C2O3)cc1. The van der Waals surface area contributed by atoms with Gasteiger partial charge < -0.3 is 24.4 Å². The molecule has 1 fully saturated rings. The van der Waals surface area contributed by atoms with Crippen LogP contribution in [-0.4, -0.2) is 48.0 Å². The van der Waals surface area contributed by atoms with E-state index >= 15 is 0 Å². The van der Waals surface area contributed by atoms with Crippen LogP contribution in [0, 0.1) is 0 Å². The number of anilines is 1. The molecule has 3 N–H and O–H groups in total. The van der Waals surface area contributed by atoms with Crippen molar-refractivity contribution in [3.8, 4) is 11.5 Å². The molecule has 0 aromatic heterocycles. The predicted molar refractivity (Wildman–Crippen MR) is 163 cm³/mol. The maximum absolute atomic E-state index is 13.4. The maximum Gasteiger partial charge on any atom is 0.416 e. The van der Waals surface area contributed by atoms with Gasteiger partial charge in [-0.1, -0.05) is 37.1 Å². The van der Waals surface area contributed by atoms with Gasteiger partial charge in [-0.2, -0.15) is 21.6 Å². The second kappa shape index (κ2) is 13.6. The first-order valence-electron chi connectivity index (χ1n) is 14.7. The normalized spacial score (nSPS) is 19.3. The van der Waals surface area contributed by atoms with Gasteiger partial charge in [0.25, 0.3) is 0 Å². The summed E-state index contributed by atoms with van der Waals surface area (Å²) in [7, 11) is -4.36. The maximum atomic E-state index is 13.4.